The summed E-state index contributed by atoms with van der Waals surface area (Å²) in [7, 11) is -2.94. The van der Waals surface area contributed by atoms with Crippen LogP contribution in [0.2, 0.25) is 0 Å². The van der Waals surface area contributed by atoms with Crippen LogP contribution >= 0.6 is 0 Å². The van der Waals surface area contributed by atoms with Gasteiger partial charge in [-0.15, -0.1) is 0 Å². The first-order valence-corrected chi connectivity index (χ1v) is 15.0. The van der Waals surface area contributed by atoms with Crippen molar-refractivity contribution >= 4 is 32.1 Å². The maximum Gasteiger partial charge on any atom is 0.259 e. The smallest absolute Gasteiger partial charge is 0.259 e. The number of nitrogens with zero attached hydrogens (tertiary/aromatic N) is 3. The minimum Gasteiger partial charge on any atom is -0.340 e. The molecule has 1 aliphatic heterocycles. The molecule has 0 saturated carbocycles. The molecule has 0 aliphatic carbocycles. The van der Waals surface area contributed by atoms with Crippen molar-refractivity contribution in [3.05, 3.63) is 82.0 Å². The molecule has 1 saturated heterocycles. The molecule has 0 spiro atoms. The number of aryl methyl sites for hydroxylation is 2. The van der Waals surface area contributed by atoms with E-state index in [2.05, 4.69) is 39.2 Å². The zero-order chi connectivity index (χ0) is 26.9. The number of piperidine rings is 1. The van der Waals surface area contributed by atoms with E-state index in [1.807, 2.05) is 37.3 Å². The number of aromatic nitrogens is 3. The van der Waals surface area contributed by atoms with Gasteiger partial charge in [-0.1, -0.05) is 6.07 Å². The minimum atomic E-state index is -2.94. The highest BCUT2D eigenvalue weighted by Crippen LogP contribution is 2.33. The second-order valence-corrected chi connectivity index (χ2v) is 12.5. The zero-order valence-corrected chi connectivity index (χ0v) is 22.8. The van der Waals surface area contributed by atoms with E-state index in [1.54, 1.807) is 12.4 Å². The van der Waals surface area contributed by atoms with Gasteiger partial charge in [-0.2, -0.15) is 0 Å². The summed E-state index contributed by atoms with van der Waals surface area (Å²) in [6.07, 6.45) is 6.75. The lowest BCUT2D eigenvalue weighted by atomic mass is 9.86. The molecule has 1 fully saturated rings. The molecule has 0 radical (unpaired) electrons. The van der Waals surface area contributed by atoms with Crippen LogP contribution in [0.4, 0.5) is 11.5 Å². The third-order valence-corrected chi connectivity index (χ3v) is 8.22. The fourth-order valence-electron chi connectivity index (χ4n) is 5.18. The molecule has 3 aromatic heterocycles. The van der Waals surface area contributed by atoms with Crippen LogP contribution in [0.15, 0.2) is 59.7 Å². The van der Waals surface area contributed by atoms with Gasteiger partial charge in [0.2, 0.25) is 0 Å². The number of H-pyrrole nitrogens is 1. The van der Waals surface area contributed by atoms with Crippen molar-refractivity contribution in [3.8, 4) is 11.3 Å². The normalized spacial score (nSPS) is 15.1. The molecule has 5 rings (SSSR count). The van der Waals surface area contributed by atoms with Crippen LogP contribution < -0.4 is 10.9 Å². The molecule has 2 N–H and O–H groups in total. The number of anilines is 2. The van der Waals surface area contributed by atoms with Crippen LogP contribution in [-0.2, 0) is 9.84 Å². The highest BCUT2D eigenvalue weighted by atomic mass is 32.2. The van der Waals surface area contributed by atoms with Gasteiger partial charge >= 0.3 is 0 Å². The van der Waals surface area contributed by atoms with Gasteiger partial charge in [-0.3, -0.25) is 9.78 Å². The number of aromatic amines is 1. The lowest BCUT2D eigenvalue weighted by Gasteiger charge is -2.32. The number of fused-ring (bicyclic) bond motifs is 1. The molecule has 0 unspecified atom stereocenters. The Morgan fingerprint density at radius 3 is 2.55 bits per heavy atom. The first kappa shape index (κ1) is 26.1. The molecule has 9 heteroatoms. The van der Waals surface area contributed by atoms with Crippen LogP contribution in [0.1, 0.15) is 35.6 Å². The van der Waals surface area contributed by atoms with Crippen molar-refractivity contribution in [2.75, 3.05) is 37.0 Å². The van der Waals surface area contributed by atoms with Crippen LogP contribution in [-0.4, -0.2) is 59.9 Å². The maximum absolute atomic E-state index is 12.8. The second-order valence-electron chi connectivity index (χ2n) is 10.3. The summed E-state index contributed by atoms with van der Waals surface area (Å²) in [5.74, 6) is 1.16. The van der Waals surface area contributed by atoms with Gasteiger partial charge in [-0.05, 0) is 98.6 Å². The molecule has 198 valence electrons. The summed E-state index contributed by atoms with van der Waals surface area (Å²) in [4.78, 5) is 27.0. The molecular weight excluding hydrogens is 498 g/mol. The molecular formula is C29H33N5O3S. The predicted molar refractivity (Wildman–Crippen MR) is 153 cm³/mol. The number of hydrogen-bond acceptors (Lipinski definition) is 7. The molecule has 1 aliphatic rings. The van der Waals surface area contributed by atoms with Crippen LogP contribution in [0.3, 0.4) is 0 Å². The fourth-order valence-corrected chi connectivity index (χ4v) is 5.77. The second kappa shape index (κ2) is 10.7. The quantitative estimate of drug-likeness (QED) is 0.360. The van der Waals surface area contributed by atoms with E-state index in [1.165, 1.54) is 17.4 Å². The molecule has 0 atom stereocenters. The SMILES string of the molecule is Cc1ccc(-c2cc3cc[nH]c(=O)c3c(Nc3ccc(C4CCN(CCS(C)(=O)=O)CC4)c(C)c3)n2)cn1. The Morgan fingerprint density at radius 1 is 1.08 bits per heavy atom. The molecule has 4 aromatic rings. The van der Waals surface area contributed by atoms with Gasteiger partial charge in [0.25, 0.3) is 5.56 Å². The molecule has 0 amide bonds. The van der Waals surface area contributed by atoms with E-state index >= 15 is 0 Å². The largest absolute Gasteiger partial charge is 0.340 e. The maximum atomic E-state index is 12.8. The van der Waals surface area contributed by atoms with Crippen molar-refractivity contribution in [1.29, 1.82) is 0 Å². The summed E-state index contributed by atoms with van der Waals surface area (Å²) in [5, 5.41) is 4.72. The van der Waals surface area contributed by atoms with E-state index in [9.17, 15) is 13.2 Å². The van der Waals surface area contributed by atoms with Crippen LogP contribution in [0.25, 0.3) is 22.0 Å². The van der Waals surface area contributed by atoms with Crippen molar-refractivity contribution in [1.82, 2.24) is 19.9 Å². The molecule has 8 nitrogen and oxygen atoms in total. The van der Waals surface area contributed by atoms with Gasteiger partial charge in [-0.25, -0.2) is 13.4 Å². The Kier molecular flexibility index (Phi) is 7.32. The third-order valence-electron chi connectivity index (χ3n) is 7.30. The standard InChI is InChI=1S/C29H33N5O3S/c1-19-16-24(6-7-25(19)21-9-12-34(13-10-21)14-15-38(3,36)37)32-28-27-22(8-11-30-29(27)35)17-26(33-28)23-5-4-20(2)31-18-23/h4-8,11,16-18,21H,9-10,12-15H2,1-3H3,(H,30,35)(H,32,33). The van der Waals surface area contributed by atoms with E-state index < -0.39 is 9.84 Å². The van der Waals surface area contributed by atoms with Crippen molar-refractivity contribution in [3.63, 3.8) is 0 Å². The number of rotatable bonds is 7. The number of pyridine rings is 3. The number of nitrogens with one attached hydrogen (secondary N) is 2. The summed E-state index contributed by atoms with van der Waals surface area (Å²) in [5.41, 5.74) is 5.73. The van der Waals surface area contributed by atoms with E-state index in [0.29, 0.717) is 23.7 Å². The summed E-state index contributed by atoms with van der Waals surface area (Å²) in [6.45, 7) is 6.46. The third kappa shape index (κ3) is 5.95. The number of likely N-dealkylation sites (tertiary alicyclic amines) is 1. The zero-order valence-electron chi connectivity index (χ0n) is 22.0. The van der Waals surface area contributed by atoms with Crippen LogP contribution in [0.5, 0.6) is 0 Å². The Morgan fingerprint density at radius 2 is 1.87 bits per heavy atom. The molecule has 38 heavy (non-hydrogen) atoms. The molecule has 4 heterocycles. The van der Waals surface area contributed by atoms with Gasteiger partial charge in [0.1, 0.15) is 15.7 Å². The summed E-state index contributed by atoms with van der Waals surface area (Å²) in [6, 6.07) is 14.0. The monoisotopic (exact) mass is 531 g/mol. The highest BCUT2D eigenvalue weighted by molar-refractivity contribution is 7.90. The number of benzene rings is 1. The van der Waals surface area contributed by atoms with Gasteiger partial charge in [0.05, 0.1) is 16.8 Å². The summed E-state index contributed by atoms with van der Waals surface area (Å²) >= 11 is 0. The van der Waals surface area contributed by atoms with Crippen molar-refractivity contribution in [2.24, 2.45) is 0 Å². The Hall–Kier alpha value is -3.56. The van der Waals surface area contributed by atoms with E-state index in [0.717, 1.165) is 54.0 Å². The van der Waals surface area contributed by atoms with Crippen LogP contribution in [0, 0.1) is 13.8 Å². The Balaban J connectivity index is 1.38. The average Bonchev–Trinajstić information content (AvgIpc) is 2.88. The molecule has 1 aromatic carbocycles. The highest BCUT2D eigenvalue weighted by Gasteiger charge is 2.22. The van der Waals surface area contributed by atoms with Gasteiger partial charge in [0, 0.05) is 42.1 Å². The van der Waals surface area contributed by atoms with E-state index in [-0.39, 0.29) is 11.3 Å². The van der Waals surface area contributed by atoms with Crippen molar-refractivity contribution < 1.29 is 8.42 Å². The first-order chi connectivity index (χ1) is 18.2. The Bertz CT molecular complexity index is 1620. The number of sulfone groups is 1. The van der Waals surface area contributed by atoms with E-state index in [4.69, 9.17) is 4.98 Å². The number of hydrogen-bond donors (Lipinski definition) is 2. The minimum absolute atomic E-state index is 0.193. The Labute approximate surface area is 223 Å². The predicted octanol–water partition coefficient (Wildman–Crippen LogP) is 4.57. The average molecular weight is 532 g/mol. The topological polar surface area (TPSA) is 108 Å². The lowest BCUT2D eigenvalue weighted by molar-refractivity contribution is 0.223. The first-order valence-electron chi connectivity index (χ1n) is 12.9. The molecule has 0 bridgehead atoms. The van der Waals surface area contributed by atoms with Gasteiger partial charge < -0.3 is 15.2 Å². The fraction of sp³-hybridized carbons (Fsp3) is 0.345. The van der Waals surface area contributed by atoms with Gasteiger partial charge in [0.15, 0.2) is 0 Å². The summed E-state index contributed by atoms with van der Waals surface area (Å²) < 4.78 is 23.0. The lowest BCUT2D eigenvalue weighted by Crippen LogP contribution is -2.36. The van der Waals surface area contributed by atoms with Crippen molar-refractivity contribution in [2.45, 2.75) is 32.6 Å².